The summed E-state index contributed by atoms with van der Waals surface area (Å²) in [4.78, 5) is 24.9. The zero-order valence-corrected chi connectivity index (χ0v) is 23.6. The second kappa shape index (κ2) is 19.3. The minimum atomic E-state index is -4.47. The first kappa shape index (κ1) is 33.3. The van der Waals surface area contributed by atoms with Gasteiger partial charge in [-0.25, -0.2) is 27.1 Å². The number of aromatic nitrogens is 2. The van der Waals surface area contributed by atoms with Crippen LogP contribution in [0.2, 0.25) is 0 Å². The van der Waals surface area contributed by atoms with E-state index in [-0.39, 0.29) is 13.2 Å². The van der Waals surface area contributed by atoms with E-state index in [1.807, 2.05) is 37.4 Å². The molecule has 0 unspecified atom stereocenters. The third-order valence-electron chi connectivity index (χ3n) is 5.48. The van der Waals surface area contributed by atoms with Crippen LogP contribution in [0.3, 0.4) is 0 Å². The van der Waals surface area contributed by atoms with Gasteiger partial charge >= 0.3 is 11.9 Å². The molecule has 0 bridgehead atoms. The third kappa shape index (κ3) is 15.5. The number of hydrogen-bond acceptors (Lipinski definition) is 8. The number of carbonyl (C=O) groups is 2. The molecule has 0 radical (unpaired) electrons. The van der Waals surface area contributed by atoms with Crippen LogP contribution in [0.5, 0.6) is 0 Å². The van der Waals surface area contributed by atoms with Crippen LogP contribution in [-0.2, 0) is 47.3 Å². The zero-order valence-electron chi connectivity index (χ0n) is 22.8. The van der Waals surface area contributed by atoms with Gasteiger partial charge in [-0.15, -0.1) is 0 Å². The number of hydrogen-bond donors (Lipinski definition) is 0. The molecule has 0 aliphatic carbocycles. The lowest BCUT2D eigenvalue weighted by Gasteiger charge is -2.13. The van der Waals surface area contributed by atoms with E-state index in [2.05, 4.69) is 18.0 Å². The molecule has 0 aliphatic heterocycles. The highest BCUT2D eigenvalue weighted by molar-refractivity contribution is 7.80. The highest BCUT2D eigenvalue weighted by Crippen LogP contribution is 2.13. The lowest BCUT2D eigenvalue weighted by molar-refractivity contribution is -0.671. The van der Waals surface area contributed by atoms with Crippen LogP contribution in [-0.4, -0.2) is 42.7 Å². The Hall–Kier alpha value is -2.76. The fourth-order valence-electron chi connectivity index (χ4n) is 3.42. The molecule has 0 N–H and O–H groups in total. The highest BCUT2D eigenvalue weighted by atomic mass is 32.3. The summed E-state index contributed by atoms with van der Waals surface area (Å²) in [6.45, 7) is 4.66. The van der Waals surface area contributed by atoms with Gasteiger partial charge in [0.15, 0.2) is 0 Å². The molecule has 38 heavy (non-hydrogen) atoms. The molecule has 0 spiro atoms. The molecule has 0 saturated heterocycles. The van der Waals surface area contributed by atoms with Gasteiger partial charge in [-0.05, 0) is 18.4 Å². The first-order valence-corrected chi connectivity index (χ1v) is 14.5. The van der Waals surface area contributed by atoms with Crippen LogP contribution < -0.4 is 4.57 Å². The average molecular weight is 555 g/mol. The molecule has 1 aromatic carbocycles. The van der Waals surface area contributed by atoms with E-state index < -0.39 is 28.4 Å². The van der Waals surface area contributed by atoms with Crippen molar-refractivity contribution in [1.29, 1.82) is 0 Å². The van der Waals surface area contributed by atoms with Gasteiger partial charge in [-0.3, -0.25) is 4.18 Å². The molecule has 1 aromatic heterocycles. The molecule has 2 rings (SSSR count). The molecule has 0 fully saturated rings. The van der Waals surface area contributed by atoms with Crippen molar-refractivity contribution in [2.45, 2.75) is 84.3 Å². The Morgan fingerprint density at radius 2 is 1.47 bits per heavy atom. The molecule has 10 nitrogen and oxygen atoms in total. The summed E-state index contributed by atoms with van der Waals surface area (Å²) in [5.41, 5.74) is 0.865. The predicted molar refractivity (Wildman–Crippen MR) is 140 cm³/mol. The maximum Gasteiger partial charge on any atom is 0.364 e. The average Bonchev–Trinajstić information content (AvgIpc) is 3.31. The van der Waals surface area contributed by atoms with Gasteiger partial charge in [-0.1, -0.05) is 89.1 Å². The summed E-state index contributed by atoms with van der Waals surface area (Å²) in [5.74, 6) is -1.22. The van der Waals surface area contributed by atoms with Crippen molar-refractivity contribution < 1.29 is 40.8 Å². The van der Waals surface area contributed by atoms with Gasteiger partial charge in [0.25, 0.3) is 6.04 Å². The van der Waals surface area contributed by atoms with Crippen molar-refractivity contribution in [2.24, 2.45) is 7.05 Å². The molecular weight excluding hydrogens is 512 g/mol. The van der Waals surface area contributed by atoms with Crippen molar-refractivity contribution in [1.82, 2.24) is 4.57 Å². The van der Waals surface area contributed by atoms with Crippen molar-refractivity contribution in [3.8, 4) is 0 Å². The highest BCUT2D eigenvalue weighted by Gasteiger charge is 2.36. The number of unbranched alkanes of at least 4 members (excludes halogenated alkanes) is 7. The topological polar surface area (TPSA) is 128 Å². The van der Waals surface area contributed by atoms with E-state index in [1.54, 1.807) is 23.3 Å². The standard InChI is InChI=1S/C19H25N2O4.C8H18O4S/c1-3-4-8-13-24-18(22)17(21-12-11-20(2)15-21)19(23)25-14-16-9-6-5-7-10-16;1-2-3-4-5-6-7-8-12-13(9,10)11/h5-7,9-12,15,17H,3-4,8,13-14H2,1-2H3;2-8H2,1H3,(H,9,10,11)/q+1;/p-1/t17-;/m1./s1. The molecule has 1 atom stereocenters. The van der Waals surface area contributed by atoms with Crippen LogP contribution in [0.1, 0.15) is 83.2 Å². The summed E-state index contributed by atoms with van der Waals surface area (Å²) >= 11 is 0. The Bertz CT molecular complexity index is 1020. The van der Waals surface area contributed by atoms with Gasteiger partial charge < -0.3 is 14.0 Å². The Balaban J connectivity index is 0.000000471. The third-order valence-corrected chi connectivity index (χ3v) is 5.93. The van der Waals surface area contributed by atoms with Crippen molar-refractivity contribution in [2.75, 3.05) is 13.2 Å². The summed E-state index contributed by atoms with van der Waals surface area (Å²) in [6, 6.07) is 8.22. The quantitative estimate of drug-likeness (QED) is 0.0712. The molecule has 11 heteroatoms. The summed E-state index contributed by atoms with van der Waals surface area (Å²) in [5, 5.41) is 0. The number of aryl methyl sites for hydroxylation is 1. The zero-order chi connectivity index (χ0) is 28.2. The van der Waals surface area contributed by atoms with E-state index in [1.165, 1.54) is 23.8 Å². The minimum absolute atomic E-state index is 0.0258. The van der Waals surface area contributed by atoms with E-state index in [0.717, 1.165) is 37.7 Å². The maximum atomic E-state index is 12.5. The van der Waals surface area contributed by atoms with Crippen LogP contribution in [0.4, 0.5) is 0 Å². The van der Waals surface area contributed by atoms with Gasteiger partial charge in [0, 0.05) is 0 Å². The molecule has 2 aromatic rings. The number of esters is 2. The smallest absolute Gasteiger partial charge is 0.364 e. The first-order valence-electron chi connectivity index (χ1n) is 13.2. The van der Waals surface area contributed by atoms with Crippen LogP contribution in [0, 0.1) is 0 Å². The number of imidazole rings is 1. The van der Waals surface area contributed by atoms with Crippen molar-refractivity contribution in [3.63, 3.8) is 0 Å². The fraction of sp³-hybridized carbons (Fsp3) is 0.593. The maximum absolute atomic E-state index is 12.5. The minimum Gasteiger partial charge on any atom is -0.726 e. The normalized spacial score (nSPS) is 11.8. The number of ether oxygens (including phenoxy) is 2. The van der Waals surface area contributed by atoms with E-state index in [0.29, 0.717) is 13.0 Å². The van der Waals surface area contributed by atoms with Crippen LogP contribution in [0.25, 0.3) is 0 Å². The predicted octanol–water partition coefficient (Wildman–Crippen LogP) is 4.15. The van der Waals surface area contributed by atoms with Crippen LogP contribution in [0.15, 0.2) is 49.1 Å². The SMILES string of the molecule is CCCCCCCCOS(=O)(=O)[O-].CCCCCOC(=O)[C@H](C(=O)OCc1ccccc1)n1cc[n+](C)c1. The second-order valence-corrected chi connectivity index (χ2v) is 9.95. The van der Waals surface area contributed by atoms with Crippen molar-refractivity contribution >= 4 is 22.3 Å². The van der Waals surface area contributed by atoms with E-state index in [4.69, 9.17) is 9.47 Å². The second-order valence-electron chi connectivity index (χ2n) is 8.89. The lowest BCUT2D eigenvalue weighted by atomic mass is 10.1. The largest absolute Gasteiger partial charge is 0.726 e. The molecule has 0 aliphatic rings. The molecular formula is C27H42N2O8S. The number of carbonyl (C=O) groups excluding carboxylic acids is 2. The number of nitrogens with zero attached hydrogens (tertiary/aromatic N) is 2. The number of rotatable bonds is 17. The monoisotopic (exact) mass is 554 g/mol. The Morgan fingerprint density at radius 1 is 0.895 bits per heavy atom. The molecule has 0 saturated carbocycles. The van der Waals surface area contributed by atoms with Gasteiger partial charge in [0.05, 0.1) is 20.3 Å². The summed E-state index contributed by atoms with van der Waals surface area (Å²) in [7, 11) is -2.66. The van der Waals surface area contributed by atoms with Gasteiger partial charge in [0.1, 0.15) is 19.0 Å². The van der Waals surface area contributed by atoms with Crippen molar-refractivity contribution in [3.05, 3.63) is 54.6 Å². The van der Waals surface area contributed by atoms with Gasteiger partial charge in [0.2, 0.25) is 16.7 Å². The fourth-order valence-corrected chi connectivity index (χ4v) is 3.74. The Labute approximate surface area is 226 Å². The van der Waals surface area contributed by atoms with Gasteiger partial charge in [-0.2, -0.15) is 0 Å². The summed E-state index contributed by atoms with van der Waals surface area (Å²) in [6.07, 6.45) is 14.1. The molecule has 1 heterocycles. The van der Waals surface area contributed by atoms with E-state index >= 15 is 0 Å². The molecule has 214 valence electrons. The molecule has 0 amide bonds. The summed E-state index contributed by atoms with van der Waals surface area (Å²) < 4.78 is 47.9. The van der Waals surface area contributed by atoms with Crippen LogP contribution >= 0.6 is 0 Å². The Morgan fingerprint density at radius 3 is 2.08 bits per heavy atom. The Kier molecular flexibility index (Phi) is 16.9. The lowest BCUT2D eigenvalue weighted by Crippen LogP contribution is -2.32. The number of benzene rings is 1. The van der Waals surface area contributed by atoms with E-state index in [9.17, 15) is 22.6 Å². The first-order chi connectivity index (χ1) is 18.2.